The Balaban J connectivity index is 0.00000110. The van der Waals surface area contributed by atoms with E-state index < -0.39 is 0 Å². The number of benzene rings is 2. The Kier molecular flexibility index (Phi) is 3.23. The van der Waals surface area contributed by atoms with E-state index in [4.69, 9.17) is 0 Å². The van der Waals surface area contributed by atoms with Crippen LogP contribution in [0, 0.1) is 6.07 Å². The van der Waals surface area contributed by atoms with Crippen LogP contribution >= 0.6 is 0 Å². The fraction of sp³-hybridized carbons (Fsp3) is 0.111. The second kappa shape index (κ2) is 4.89. The third-order valence-corrected chi connectivity index (χ3v) is 3.83. The van der Waals surface area contributed by atoms with Gasteiger partial charge in [0.2, 0.25) is 0 Å². The van der Waals surface area contributed by atoms with E-state index in [-0.39, 0.29) is 18.9 Å². The normalized spacial score (nSPS) is 15.2. The van der Waals surface area contributed by atoms with Crippen LogP contribution < -0.4 is 18.9 Å². The molecule has 0 aromatic heterocycles. The molecule has 1 heteroatoms. The molecule has 0 spiro atoms. The number of hydrogen-bond acceptors (Lipinski definition) is 0. The van der Waals surface area contributed by atoms with Crippen molar-refractivity contribution < 1.29 is 18.9 Å². The summed E-state index contributed by atoms with van der Waals surface area (Å²) in [6.07, 6.45) is 9.70. The molecule has 2 aliphatic rings. The van der Waals surface area contributed by atoms with E-state index in [0.29, 0.717) is 5.92 Å². The van der Waals surface area contributed by atoms with E-state index in [1.807, 2.05) is 0 Å². The van der Waals surface area contributed by atoms with Crippen LogP contribution in [0.2, 0.25) is 0 Å². The maximum atomic E-state index is 3.61. The van der Waals surface area contributed by atoms with Crippen molar-refractivity contribution in [3.8, 4) is 11.1 Å². The third-order valence-electron chi connectivity index (χ3n) is 3.83. The summed E-state index contributed by atoms with van der Waals surface area (Å²) in [6.45, 7) is 0. The summed E-state index contributed by atoms with van der Waals surface area (Å²) in [5.41, 5.74) is 6.81. The fourth-order valence-corrected chi connectivity index (χ4v) is 2.91. The summed E-state index contributed by atoms with van der Waals surface area (Å²) in [5.74, 6) is 0.416. The molecule has 0 unspecified atom stereocenters. The van der Waals surface area contributed by atoms with Gasteiger partial charge >= 0.3 is 18.9 Å². The molecule has 0 heterocycles. The maximum absolute atomic E-state index is 3.61. The van der Waals surface area contributed by atoms with Gasteiger partial charge in [0.15, 0.2) is 0 Å². The van der Waals surface area contributed by atoms with Gasteiger partial charge < -0.3 is 0 Å². The van der Waals surface area contributed by atoms with E-state index in [9.17, 15) is 0 Å². The average Bonchev–Trinajstić information content (AvgIpc) is 3.05. The molecule has 2 aromatic rings. The summed E-state index contributed by atoms with van der Waals surface area (Å²) in [4.78, 5) is 0. The molecule has 0 nitrogen and oxygen atoms in total. The molecule has 2 aromatic carbocycles. The smallest absolute Gasteiger partial charge is 0.175 e. The molecule has 0 saturated carbocycles. The number of hydrogen-bond donors (Lipinski definition) is 0. The van der Waals surface area contributed by atoms with Crippen molar-refractivity contribution in [1.82, 2.24) is 0 Å². The molecule has 0 radical (unpaired) electrons. The van der Waals surface area contributed by atoms with Crippen LogP contribution in [0.5, 0.6) is 0 Å². The second-order valence-electron chi connectivity index (χ2n) is 4.94. The topological polar surface area (TPSA) is 0 Å². The van der Waals surface area contributed by atoms with Crippen LogP contribution in [0.1, 0.15) is 22.6 Å². The Morgan fingerprint density at radius 2 is 1.68 bits per heavy atom. The quantitative estimate of drug-likeness (QED) is 0.441. The molecule has 0 amide bonds. The Morgan fingerprint density at radius 3 is 2.53 bits per heavy atom. The number of allylic oxidation sites excluding steroid dienone is 4. The molecule has 86 valence electrons. The molecule has 0 saturated heterocycles. The van der Waals surface area contributed by atoms with Crippen LogP contribution in [0.25, 0.3) is 11.1 Å². The van der Waals surface area contributed by atoms with Gasteiger partial charge in [-0.2, -0.15) is 23.8 Å². The largest absolute Gasteiger partial charge is 1.00 e. The second-order valence-corrected chi connectivity index (χ2v) is 4.94. The zero-order valence-electron chi connectivity index (χ0n) is 11.1. The van der Waals surface area contributed by atoms with Crippen LogP contribution in [-0.2, 0) is 6.42 Å². The van der Waals surface area contributed by atoms with Crippen molar-refractivity contribution in [1.29, 1.82) is 0 Å². The minimum atomic E-state index is 0. The molecule has 0 N–H and O–H groups in total. The van der Waals surface area contributed by atoms with E-state index in [0.717, 1.165) is 6.42 Å². The van der Waals surface area contributed by atoms with Gasteiger partial charge in [-0.05, 0) is 12.3 Å². The van der Waals surface area contributed by atoms with Gasteiger partial charge in [0.05, 0.1) is 0 Å². The zero-order chi connectivity index (χ0) is 11.9. The monoisotopic (exact) mass is 236 g/mol. The summed E-state index contributed by atoms with van der Waals surface area (Å²) in [5, 5.41) is 0. The van der Waals surface area contributed by atoms with Crippen LogP contribution in [0.4, 0.5) is 0 Å². The molecular weight excluding hydrogens is 223 g/mol. The molecule has 0 bridgehead atoms. The van der Waals surface area contributed by atoms with Gasteiger partial charge in [0.1, 0.15) is 0 Å². The van der Waals surface area contributed by atoms with E-state index >= 15 is 0 Å². The Morgan fingerprint density at radius 1 is 0.895 bits per heavy atom. The zero-order valence-corrected chi connectivity index (χ0v) is 11.1. The van der Waals surface area contributed by atoms with Gasteiger partial charge in [0.25, 0.3) is 0 Å². The first-order valence-corrected chi connectivity index (χ1v) is 6.40. The van der Waals surface area contributed by atoms with Crippen LogP contribution in [-0.4, -0.2) is 0 Å². The number of rotatable bonds is 1. The van der Waals surface area contributed by atoms with Gasteiger partial charge in [-0.1, -0.05) is 59.7 Å². The van der Waals surface area contributed by atoms with E-state index in [1.165, 1.54) is 27.8 Å². The van der Waals surface area contributed by atoms with E-state index in [1.54, 1.807) is 0 Å². The molecule has 0 fully saturated rings. The first-order chi connectivity index (χ1) is 8.92. The molecule has 19 heavy (non-hydrogen) atoms. The van der Waals surface area contributed by atoms with Crippen LogP contribution in [0.3, 0.4) is 0 Å². The van der Waals surface area contributed by atoms with E-state index in [2.05, 4.69) is 66.8 Å². The van der Waals surface area contributed by atoms with Crippen molar-refractivity contribution in [3.63, 3.8) is 0 Å². The van der Waals surface area contributed by atoms with Gasteiger partial charge in [0, 0.05) is 0 Å². The van der Waals surface area contributed by atoms with Crippen molar-refractivity contribution in [2.24, 2.45) is 0 Å². The predicted molar refractivity (Wildman–Crippen MR) is 74.5 cm³/mol. The minimum absolute atomic E-state index is 0. The first-order valence-electron chi connectivity index (χ1n) is 6.40. The summed E-state index contributed by atoms with van der Waals surface area (Å²) in [7, 11) is 0. The summed E-state index contributed by atoms with van der Waals surface area (Å²) in [6, 6.07) is 16.7. The third kappa shape index (κ3) is 2.02. The standard InChI is InChI=1S/C18H13.Li/c1-2-6-13(5-1)14-9-10-18-16(11-14)12-15-7-3-4-8-17(15)18;/h1-10,13H,12H2;/q-1;+1. The number of fused-ring (bicyclic) bond motifs is 3. The van der Waals surface area contributed by atoms with Crippen molar-refractivity contribution in [2.45, 2.75) is 12.3 Å². The summed E-state index contributed by atoms with van der Waals surface area (Å²) >= 11 is 0. The van der Waals surface area contributed by atoms with Gasteiger partial charge in [-0.25, -0.2) is 0 Å². The molecule has 2 aliphatic carbocycles. The molecule has 0 aliphatic heterocycles. The SMILES string of the molecule is [Li+].[c-]1c(C2C=CC=C2)ccc2c1Cc1ccccc1-2. The van der Waals surface area contributed by atoms with Crippen molar-refractivity contribution >= 4 is 0 Å². The summed E-state index contributed by atoms with van der Waals surface area (Å²) < 4.78 is 0. The predicted octanol–water partition coefficient (Wildman–Crippen LogP) is 1.27. The van der Waals surface area contributed by atoms with Gasteiger partial charge in [-0.3, -0.25) is 0 Å². The Labute approximate surface area is 126 Å². The molecule has 0 atom stereocenters. The minimum Gasteiger partial charge on any atom is -0.175 e. The first kappa shape index (κ1) is 12.5. The van der Waals surface area contributed by atoms with Crippen LogP contribution in [0.15, 0.2) is 60.7 Å². The molecule has 4 rings (SSSR count). The fourth-order valence-electron chi connectivity index (χ4n) is 2.91. The van der Waals surface area contributed by atoms with Gasteiger partial charge in [-0.15, -0.1) is 11.1 Å². The Bertz CT molecular complexity index is 668. The van der Waals surface area contributed by atoms with Crippen molar-refractivity contribution in [3.05, 3.63) is 83.5 Å². The molecular formula is C18H13Li. The Hall–Kier alpha value is -1.48. The van der Waals surface area contributed by atoms with Crippen molar-refractivity contribution in [2.75, 3.05) is 0 Å². The maximum Gasteiger partial charge on any atom is 1.00 e. The average molecular weight is 236 g/mol.